The number of pyridine rings is 1. The van der Waals surface area contributed by atoms with Gasteiger partial charge in [0.1, 0.15) is 11.5 Å². The zero-order chi connectivity index (χ0) is 22.3. The van der Waals surface area contributed by atoms with Crippen LogP contribution in [0.4, 0.5) is 14.5 Å². The number of nitrogens with one attached hydrogen (secondary N) is 2. The Morgan fingerprint density at radius 1 is 1.41 bits per heavy atom. The standard InChI is InChI=1S/C17H14BrF2N3O3S/c1-2-5-27(25,26)23-13-4-3-12(19)14(15(13)20)16(24)11-8-22-17-10(11)6-9(18)7-21-17/h3-4,6-8,23H,2,5H2,1H3,(H,21,22)/i1D3. The van der Waals surface area contributed by atoms with Gasteiger partial charge in [-0.15, -0.1) is 0 Å². The van der Waals surface area contributed by atoms with Crippen LogP contribution in [0.15, 0.2) is 35.1 Å². The lowest BCUT2D eigenvalue weighted by atomic mass is 10.0. The maximum absolute atomic E-state index is 14.9. The molecule has 0 unspecified atom stereocenters. The average Bonchev–Trinajstić information content (AvgIpc) is 3.05. The number of anilines is 1. The van der Waals surface area contributed by atoms with Gasteiger partial charge in [0.05, 0.1) is 17.0 Å². The molecule has 3 aromatic rings. The molecule has 2 heterocycles. The molecule has 0 aliphatic rings. The molecule has 0 fully saturated rings. The molecule has 0 aliphatic carbocycles. The largest absolute Gasteiger partial charge is 0.345 e. The van der Waals surface area contributed by atoms with Crippen LogP contribution < -0.4 is 4.72 Å². The van der Waals surface area contributed by atoms with Crippen LogP contribution in [0.2, 0.25) is 0 Å². The lowest BCUT2D eigenvalue weighted by Gasteiger charge is -2.11. The molecule has 1 aromatic carbocycles. The number of benzene rings is 1. The number of carbonyl (C=O) groups excluding carboxylic acids is 1. The summed E-state index contributed by atoms with van der Waals surface area (Å²) in [5.74, 6) is -4.40. The van der Waals surface area contributed by atoms with Crippen molar-refractivity contribution in [1.82, 2.24) is 9.97 Å². The molecule has 142 valence electrons. The van der Waals surface area contributed by atoms with E-state index >= 15 is 0 Å². The van der Waals surface area contributed by atoms with E-state index in [1.807, 2.05) is 4.72 Å². The molecular weight excluding hydrogens is 444 g/mol. The molecule has 0 bridgehead atoms. The topological polar surface area (TPSA) is 91.9 Å². The molecule has 2 N–H and O–H groups in total. The van der Waals surface area contributed by atoms with Gasteiger partial charge in [-0.25, -0.2) is 22.2 Å². The van der Waals surface area contributed by atoms with Crippen molar-refractivity contribution < 1.29 is 26.1 Å². The highest BCUT2D eigenvalue weighted by molar-refractivity contribution is 9.10. The van der Waals surface area contributed by atoms with Gasteiger partial charge >= 0.3 is 0 Å². The summed E-state index contributed by atoms with van der Waals surface area (Å²) in [6, 6.07) is 3.12. The summed E-state index contributed by atoms with van der Waals surface area (Å²) < 4.78 is 77.1. The van der Waals surface area contributed by atoms with E-state index in [2.05, 4.69) is 25.9 Å². The second-order valence-corrected chi connectivity index (χ2v) is 8.29. The molecule has 0 radical (unpaired) electrons. The number of rotatable bonds is 6. The number of ketones is 1. The van der Waals surface area contributed by atoms with E-state index in [-0.39, 0.29) is 5.56 Å². The number of aromatic nitrogens is 2. The van der Waals surface area contributed by atoms with Gasteiger partial charge in [-0.2, -0.15) is 0 Å². The molecule has 27 heavy (non-hydrogen) atoms. The smallest absolute Gasteiger partial charge is 0.232 e. The molecule has 3 rings (SSSR count). The monoisotopic (exact) mass is 460 g/mol. The normalized spacial score (nSPS) is 13.8. The number of nitrogens with zero attached hydrogens (tertiary/aromatic N) is 1. The second-order valence-electron chi connectivity index (χ2n) is 5.54. The Hall–Kier alpha value is -2.33. The lowest BCUT2D eigenvalue weighted by molar-refractivity contribution is 0.103. The Kier molecular flexibility index (Phi) is 4.28. The summed E-state index contributed by atoms with van der Waals surface area (Å²) >= 11 is 3.21. The predicted octanol–water partition coefficient (Wildman–Crippen LogP) is 3.99. The van der Waals surface area contributed by atoms with Crippen LogP contribution in [-0.2, 0) is 10.0 Å². The molecule has 0 aliphatic heterocycles. The van der Waals surface area contributed by atoms with Crippen LogP contribution >= 0.6 is 15.9 Å². The molecular formula is C17H14BrF2N3O3S. The fourth-order valence-electron chi connectivity index (χ4n) is 2.49. The van der Waals surface area contributed by atoms with Crippen molar-refractivity contribution in [3.63, 3.8) is 0 Å². The summed E-state index contributed by atoms with van der Waals surface area (Å²) in [7, 11) is -4.25. The Bertz CT molecular complexity index is 1250. The molecule has 0 spiro atoms. The molecule has 0 saturated heterocycles. The first-order valence-corrected chi connectivity index (χ1v) is 9.98. The number of hydrogen-bond donors (Lipinski definition) is 2. The van der Waals surface area contributed by atoms with Crippen molar-refractivity contribution >= 4 is 48.5 Å². The van der Waals surface area contributed by atoms with Gasteiger partial charge < -0.3 is 4.98 Å². The number of carbonyl (C=O) groups is 1. The number of hydrogen-bond acceptors (Lipinski definition) is 4. The van der Waals surface area contributed by atoms with Crippen molar-refractivity contribution in [2.24, 2.45) is 0 Å². The number of sulfonamides is 1. The molecule has 10 heteroatoms. The fraction of sp³-hybridized carbons (Fsp3) is 0.176. The molecule has 0 amide bonds. The minimum atomic E-state index is -4.25. The van der Waals surface area contributed by atoms with Crippen LogP contribution in [0.1, 0.15) is 33.3 Å². The first kappa shape index (κ1) is 15.7. The summed E-state index contributed by atoms with van der Waals surface area (Å²) in [6.45, 7) is -2.49. The minimum Gasteiger partial charge on any atom is -0.345 e. The lowest BCUT2D eigenvalue weighted by Crippen LogP contribution is -2.18. The molecule has 0 atom stereocenters. The quantitative estimate of drug-likeness (QED) is 0.544. The summed E-state index contributed by atoms with van der Waals surface area (Å²) in [5, 5.41) is 0.317. The number of H-pyrrole nitrogens is 1. The van der Waals surface area contributed by atoms with Gasteiger partial charge in [0, 0.05) is 31.9 Å². The van der Waals surface area contributed by atoms with E-state index in [0.717, 1.165) is 12.1 Å². The summed E-state index contributed by atoms with van der Waals surface area (Å²) in [4.78, 5) is 19.6. The number of fused-ring (bicyclic) bond motifs is 1. The van der Waals surface area contributed by atoms with Crippen LogP contribution in [0.5, 0.6) is 0 Å². The van der Waals surface area contributed by atoms with Gasteiger partial charge in [-0.3, -0.25) is 9.52 Å². The SMILES string of the molecule is [2H]C([2H])([2H])CCS(=O)(=O)Nc1ccc(F)c(C(=O)c2c[nH]c3ncc(Br)cc23)c1F. The highest BCUT2D eigenvalue weighted by Gasteiger charge is 2.25. The van der Waals surface area contributed by atoms with Gasteiger partial charge in [-0.1, -0.05) is 6.85 Å². The minimum absolute atomic E-state index is 0.0565. The van der Waals surface area contributed by atoms with E-state index in [4.69, 9.17) is 4.11 Å². The summed E-state index contributed by atoms with van der Waals surface area (Å²) in [6.07, 6.45) is 2.07. The van der Waals surface area contributed by atoms with Crippen molar-refractivity contribution in [2.75, 3.05) is 10.5 Å². The first-order valence-electron chi connectivity index (χ1n) is 9.04. The van der Waals surface area contributed by atoms with Crippen molar-refractivity contribution in [3.8, 4) is 0 Å². The van der Waals surface area contributed by atoms with E-state index in [9.17, 15) is 22.0 Å². The Balaban J connectivity index is 1.98. The molecule has 0 saturated carbocycles. The van der Waals surface area contributed by atoms with E-state index in [1.54, 1.807) is 6.07 Å². The number of aromatic amines is 1. The third kappa shape index (κ3) is 3.86. The van der Waals surface area contributed by atoms with Crippen molar-refractivity contribution in [1.29, 1.82) is 0 Å². The van der Waals surface area contributed by atoms with Gasteiger partial charge in [-0.05, 0) is 40.5 Å². The second kappa shape index (κ2) is 7.35. The van der Waals surface area contributed by atoms with E-state index in [1.165, 1.54) is 12.4 Å². The van der Waals surface area contributed by atoms with Crippen molar-refractivity contribution in [3.05, 3.63) is 57.8 Å². The maximum Gasteiger partial charge on any atom is 0.232 e. The molecule has 2 aromatic heterocycles. The van der Waals surface area contributed by atoms with Crippen LogP contribution in [0.25, 0.3) is 11.0 Å². The van der Waals surface area contributed by atoms with Gasteiger partial charge in [0.15, 0.2) is 5.82 Å². The van der Waals surface area contributed by atoms with Crippen LogP contribution in [0, 0.1) is 11.6 Å². The highest BCUT2D eigenvalue weighted by atomic mass is 79.9. The summed E-state index contributed by atoms with van der Waals surface area (Å²) in [5.41, 5.74) is -1.35. The van der Waals surface area contributed by atoms with Gasteiger partial charge in [0.25, 0.3) is 0 Å². The highest BCUT2D eigenvalue weighted by Crippen LogP contribution is 2.28. The Labute approximate surface area is 166 Å². The van der Waals surface area contributed by atoms with Crippen molar-refractivity contribution in [2.45, 2.75) is 13.3 Å². The predicted molar refractivity (Wildman–Crippen MR) is 101 cm³/mol. The first-order chi connectivity index (χ1) is 13.9. The Morgan fingerprint density at radius 3 is 2.93 bits per heavy atom. The average molecular weight is 461 g/mol. The van der Waals surface area contributed by atoms with E-state index < -0.39 is 57.7 Å². The third-order valence-corrected chi connectivity index (χ3v) is 5.40. The van der Waals surface area contributed by atoms with Crippen LogP contribution in [-0.4, -0.2) is 29.9 Å². The Morgan fingerprint density at radius 2 is 2.19 bits per heavy atom. The van der Waals surface area contributed by atoms with E-state index in [0.29, 0.717) is 15.5 Å². The zero-order valence-electron chi connectivity index (χ0n) is 16.5. The number of halogens is 3. The zero-order valence-corrected chi connectivity index (χ0v) is 15.9. The van der Waals surface area contributed by atoms with Gasteiger partial charge in [0.2, 0.25) is 15.8 Å². The van der Waals surface area contributed by atoms with Crippen LogP contribution in [0.3, 0.4) is 0 Å². The molecule has 6 nitrogen and oxygen atoms in total. The fourth-order valence-corrected chi connectivity index (χ4v) is 3.69. The maximum atomic E-state index is 14.9. The third-order valence-electron chi connectivity index (χ3n) is 3.70.